The Labute approximate surface area is 159 Å². The summed E-state index contributed by atoms with van der Waals surface area (Å²) >= 11 is 0. The molecule has 0 aromatic rings. The van der Waals surface area contributed by atoms with Crippen LogP contribution in [0.5, 0.6) is 0 Å². The summed E-state index contributed by atoms with van der Waals surface area (Å²) in [6.45, 7) is 7.48. The molecular formula is C23H37NO2. The van der Waals surface area contributed by atoms with E-state index in [-0.39, 0.29) is 5.97 Å². The van der Waals surface area contributed by atoms with Gasteiger partial charge in [0.2, 0.25) is 0 Å². The van der Waals surface area contributed by atoms with Gasteiger partial charge in [-0.15, -0.1) is 0 Å². The number of hydrogen-bond donors (Lipinski definition) is 1. The zero-order valence-corrected chi connectivity index (χ0v) is 17.1. The van der Waals surface area contributed by atoms with Crippen molar-refractivity contribution in [3.63, 3.8) is 0 Å². The van der Waals surface area contributed by atoms with Crippen molar-refractivity contribution in [1.82, 2.24) is 5.32 Å². The molecule has 4 saturated carbocycles. The van der Waals surface area contributed by atoms with E-state index in [2.05, 4.69) is 26.1 Å². The van der Waals surface area contributed by atoms with Crippen molar-refractivity contribution in [2.75, 3.05) is 7.11 Å². The molecule has 26 heavy (non-hydrogen) atoms. The van der Waals surface area contributed by atoms with Crippen LogP contribution in [0, 0.1) is 39.9 Å². The lowest BCUT2D eigenvalue weighted by Gasteiger charge is -2.76. The highest BCUT2D eigenvalue weighted by Gasteiger charge is 2.79. The summed E-state index contributed by atoms with van der Waals surface area (Å²) in [5.41, 5.74) is 1.28. The predicted octanol–water partition coefficient (Wildman–Crippen LogP) is 4.55. The summed E-state index contributed by atoms with van der Waals surface area (Å²) in [5.74, 6) is 3.15. The van der Waals surface area contributed by atoms with E-state index in [0.29, 0.717) is 28.7 Å². The van der Waals surface area contributed by atoms with Crippen molar-refractivity contribution in [2.24, 2.45) is 39.9 Å². The highest BCUT2D eigenvalue weighted by molar-refractivity contribution is 5.69. The Balaban J connectivity index is 1.65. The topological polar surface area (TPSA) is 38.3 Å². The lowest BCUT2D eigenvalue weighted by molar-refractivity contribution is -0.247. The first-order chi connectivity index (χ1) is 12.4. The maximum atomic E-state index is 12.2. The van der Waals surface area contributed by atoms with Gasteiger partial charge >= 0.3 is 5.97 Å². The van der Waals surface area contributed by atoms with Crippen LogP contribution < -0.4 is 5.32 Å². The molecule has 6 bridgehead atoms. The third-order valence-corrected chi connectivity index (χ3v) is 10.4. The van der Waals surface area contributed by atoms with E-state index in [0.717, 1.165) is 36.1 Å². The van der Waals surface area contributed by atoms with Crippen molar-refractivity contribution in [3.05, 3.63) is 0 Å². The fourth-order valence-electron chi connectivity index (χ4n) is 9.61. The molecule has 1 N–H and O–H groups in total. The first kappa shape index (κ1) is 17.5. The van der Waals surface area contributed by atoms with Crippen LogP contribution in [0.3, 0.4) is 0 Å². The van der Waals surface area contributed by atoms with Crippen LogP contribution in [0.4, 0.5) is 0 Å². The summed E-state index contributed by atoms with van der Waals surface area (Å²) in [6, 6.07) is 1.37. The molecule has 0 aromatic heterocycles. The van der Waals surface area contributed by atoms with Crippen LogP contribution in [0.2, 0.25) is 0 Å². The molecule has 0 amide bonds. The second kappa shape index (κ2) is 5.49. The average Bonchev–Trinajstić information content (AvgIpc) is 3.19. The number of methoxy groups -OCH3 is 1. The van der Waals surface area contributed by atoms with Gasteiger partial charge in [-0.25, -0.2) is 0 Å². The summed E-state index contributed by atoms with van der Waals surface area (Å²) in [5, 5.41) is 4.30. The lowest BCUT2D eigenvalue weighted by atomic mass is 9.33. The number of ether oxygens (including phenoxy) is 1. The van der Waals surface area contributed by atoms with Gasteiger partial charge in [0.25, 0.3) is 0 Å². The van der Waals surface area contributed by atoms with Gasteiger partial charge in [0.05, 0.1) is 7.11 Å². The average molecular weight is 360 g/mol. The van der Waals surface area contributed by atoms with E-state index in [1.54, 1.807) is 7.11 Å². The van der Waals surface area contributed by atoms with Crippen LogP contribution >= 0.6 is 0 Å². The molecule has 8 atom stereocenters. The van der Waals surface area contributed by atoms with Gasteiger partial charge in [-0.2, -0.15) is 0 Å². The number of rotatable bonds is 4. The third-order valence-electron chi connectivity index (χ3n) is 10.4. The number of nitrogens with one attached hydrogen (secondary N) is 1. The van der Waals surface area contributed by atoms with E-state index in [4.69, 9.17) is 4.74 Å². The van der Waals surface area contributed by atoms with E-state index in [1.165, 1.54) is 44.9 Å². The van der Waals surface area contributed by atoms with Crippen LogP contribution in [-0.2, 0) is 9.53 Å². The molecule has 2 aliphatic heterocycles. The quantitative estimate of drug-likeness (QED) is 0.749. The van der Waals surface area contributed by atoms with Gasteiger partial charge in [-0.1, -0.05) is 27.2 Å². The monoisotopic (exact) mass is 359 g/mol. The molecule has 146 valence electrons. The third kappa shape index (κ3) is 1.78. The van der Waals surface area contributed by atoms with Crippen molar-refractivity contribution in [1.29, 1.82) is 0 Å². The number of piperidine rings is 2. The zero-order valence-electron chi connectivity index (χ0n) is 17.1. The Morgan fingerprint density at radius 3 is 2.69 bits per heavy atom. The fraction of sp³-hybridized carbons (Fsp3) is 0.957. The molecular weight excluding hydrogens is 322 g/mol. The Bertz CT molecular complexity index is 617. The minimum atomic E-state index is -0.00534. The van der Waals surface area contributed by atoms with Gasteiger partial charge in [-0.05, 0) is 84.9 Å². The molecule has 4 aliphatic carbocycles. The Hall–Kier alpha value is -0.570. The number of carbonyl (C=O) groups excluding carboxylic acids is 1. The van der Waals surface area contributed by atoms with Gasteiger partial charge in [-0.3, -0.25) is 4.79 Å². The zero-order chi connectivity index (χ0) is 18.3. The van der Waals surface area contributed by atoms with Crippen LogP contribution in [-0.4, -0.2) is 25.2 Å². The molecule has 6 rings (SSSR count). The van der Waals surface area contributed by atoms with Gasteiger partial charge in [0.15, 0.2) is 0 Å². The number of esters is 1. The largest absolute Gasteiger partial charge is 0.469 e. The molecule has 1 spiro atoms. The molecule has 2 heterocycles. The van der Waals surface area contributed by atoms with E-state index >= 15 is 0 Å². The highest BCUT2D eigenvalue weighted by Crippen LogP contribution is 2.80. The SMILES string of the molecule is COC(=O)CCC12C3NC4C(CCC45CCCC51)C2(C)CCC3C(C)C. The molecule has 6 fully saturated rings. The van der Waals surface area contributed by atoms with Crippen LogP contribution in [0.15, 0.2) is 0 Å². The van der Waals surface area contributed by atoms with Crippen LogP contribution in [0.25, 0.3) is 0 Å². The highest BCUT2D eigenvalue weighted by atomic mass is 16.5. The predicted molar refractivity (Wildman–Crippen MR) is 103 cm³/mol. The Kier molecular flexibility index (Phi) is 3.70. The Morgan fingerprint density at radius 2 is 1.96 bits per heavy atom. The normalized spacial score (nSPS) is 53.8. The molecule has 0 aromatic carbocycles. The van der Waals surface area contributed by atoms with Gasteiger partial charge in [0, 0.05) is 18.5 Å². The summed E-state index contributed by atoms with van der Waals surface area (Å²) in [4.78, 5) is 12.2. The fourth-order valence-corrected chi connectivity index (χ4v) is 9.61. The smallest absolute Gasteiger partial charge is 0.305 e. The van der Waals surface area contributed by atoms with Gasteiger partial charge in [0.1, 0.15) is 0 Å². The van der Waals surface area contributed by atoms with E-state index < -0.39 is 0 Å². The molecule has 2 saturated heterocycles. The van der Waals surface area contributed by atoms with Crippen molar-refractivity contribution in [2.45, 2.75) is 90.6 Å². The van der Waals surface area contributed by atoms with E-state index in [1.807, 2.05) is 0 Å². The summed E-state index contributed by atoms with van der Waals surface area (Å²) < 4.78 is 5.09. The lowest BCUT2D eigenvalue weighted by Crippen LogP contribution is -2.80. The molecule has 3 heteroatoms. The second-order valence-electron chi connectivity index (χ2n) is 10.9. The maximum Gasteiger partial charge on any atom is 0.305 e. The minimum Gasteiger partial charge on any atom is -0.469 e. The summed E-state index contributed by atoms with van der Waals surface area (Å²) in [6.07, 6.45) is 11.5. The van der Waals surface area contributed by atoms with Gasteiger partial charge < -0.3 is 10.1 Å². The van der Waals surface area contributed by atoms with Crippen molar-refractivity contribution < 1.29 is 9.53 Å². The minimum absolute atomic E-state index is 0.00534. The second-order valence-corrected chi connectivity index (χ2v) is 10.9. The molecule has 8 unspecified atom stereocenters. The maximum absolute atomic E-state index is 12.2. The molecule has 6 aliphatic rings. The molecule has 3 nitrogen and oxygen atoms in total. The van der Waals surface area contributed by atoms with Crippen molar-refractivity contribution >= 4 is 5.97 Å². The Morgan fingerprint density at radius 1 is 1.15 bits per heavy atom. The number of hydrogen-bond acceptors (Lipinski definition) is 3. The number of carbonyl (C=O) groups is 1. The first-order valence-electron chi connectivity index (χ1n) is 11.2. The standard InChI is InChI=1S/C23H37NO2/c1-14(2)15-7-11-21(3)16-8-12-22-10-5-6-17(22)23(21,13-9-18(25)26-4)19(15)24-20(16)22/h14-17,19-20,24H,5-13H2,1-4H3. The first-order valence-corrected chi connectivity index (χ1v) is 11.2. The summed E-state index contributed by atoms with van der Waals surface area (Å²) in [7, 11) is 1.55. The van der Waals surface area contributed by atoms with Crippen LogP contribution in [0.1, 0.15) is 78.6 Å². The van der Waals surface area contributed by atoms with E-state index in [9.17, 15) is 4.79 Å². The molecule has 0 radical (unpaired) electrons. The van der Waals surface area contributed by atoms with Crippen molar-refractivity contribution in [3.8, 4) is 0 Å².